The average Bonchev–Trinajstić information content (AvgIpc) is 2.81. The van der Waals surface area contributed by atoms with Crippen molar-refractivity contribution in [2.24, 2.45) is 0 Å². The predicted octanol–water partition coefficient (Wildman–Crippen LogP) is 2.66. The fourth-order valence-corrected chi connectivity index (χ4v) is 5.49. The number of ketones is 1. The van der Waals surface area contributed by atoms with Crippen LogP contribution in [0.4, 0.5) is 0 Å². The van der Waals surface area contributed by atoms with Crippen LogP contribution >= 0.6 is 0 Å². The maximum atomic E-state index is 13.0. The molecule has 0 N–H and O–H groups in total. The average molecular weight is 307 g/mol. The molecule has 1 aromatic carbocycles. The zero-order valence-corrected chi connectivity index (χ0v) is 13.2. The molecule has 2 fully saturated rings. The molecule has 1 aromatic rings. The number of Topliss-reactive ketones (excluding diaryl/α,β-unsaturated/α-hetero) is 1. The van der Waals surface area contributed by atoms with Gasteiger partial charge in [-0.15, -0.1) is 0 Å². The number of carbonyl (C=O) groups excluding carboxylic acids is 1. The minimum atomic E-state index is -3.59. The summed E-state index contributed by atoms with van der Waals surface area (Å²) >= 11 is 0. The molecule has 5 heteroatoms. The van der Waals surface area contributed by atoms with Gasteiger partial charge in [0, 0.05) is 13.0 Å². The molecule has 0 unspecified atom stereocenters. The molecule has 0 amide bonds. The van der Waals surface area contributed by atoms with Gasteiger partial charge < -0.3 is 0 Å². The molecule has 0 aromatic heterocycles. The third kappa shape index (κ3) is 2.32. The summed E-state index contributed by atoms with van der Waals surface area (Å²) in [4.78, 5) is 12.7. The van der Waals surface area contributed by atoms with Crippen LogP contribution in [0.3, 0.4) is 0 Å². The highest BCUT2D eigenvalue weighted by Gasteiger charge is 2.52. The summed E-state index contributed by atoms with van der Waals surface area (Å²) in [5.74, 6) is 0.109. The van der Waals surface area contributed by atoms with E-state index in [0.717, 1.165) is 24.8 Å². The molecular formula is C16H21NO3S. The summed E-state index contributed by atoms with van der Waals surface area (Å²) in [6, 6.07) is 6.90. The normalized spacial score (nSPS) is 27.4. The van der Waals surface area contributed by atoms with E-state index in [4.69, 9.17) is 0 Å². The number of piperidine rings is 1. The van der Waals surface area contributed by atoms with E-state index in [0.29, 0.717) is 30.7 Å². The van der Waals surface area contributed by atoms with Gasteiger partial charge in [-0.05, 0) is 51.2 Å². The summed E-state index contributed by atoms with van der Waals surface area (Å²) in [7, 11) is -3.59. The zero-order valence-electron chi connectivity index (χ0n) is 12.3. The topological polar surface area (TPSA) is 54.5 Å². The molecule has 1 spiro atoms. The molecule has 4 nitrogen and oxygen atoms in total. The Morgan fingerprint density at radius 2 is 1.71 bits per heavy atom. The number of hydrogen-bond donors (Lipinski definition) is 0. The van der Waals surface area contributed by atoms with Gasteiger partial charge in [0.25, 0.3) is 0 Å². The largest absolute Gasteiger partial charge is 0.298 e. The lowest BCUT2D eigenvalue weighted by atomic mass is 9.86. The molecule has 3 rings (SSSR count). The van der Waals surface area contributed by atoms with Crippen molar-refractivity contribution in [2.75, 3.05) is 6.54 Å². The summed E-state index contributed by atoms with van der Waals surface area (Å²) < 4.78 is 27.5. The number of nitrogens with zero attached hydrogens (tertiary/aromatic N) is 1. The fourth-order valence-electron chi connectivity index (χ4n) is 3.64. The van der Waals surface area contributed by atoms with Crippen molar-refractivity contribution in [3.8, 4) is 0 Å². The quantitative estimate of drug-likeness (QED) is 0.844. The first kappa shape index (κ1) is 14.7. The van der Waals surface area contributed by atoms with Crippen molar-refractivity contribution in [2.45, 2.75) is 55.9 Å². The Morgan fingerprint density at radius 1 is 1.05 bits per heavy atom. The maximum Gasteiger partial charge on any atom is 0.243 e. The molecule has 1 saturated carbocycles. The van der Waals surface area contributed by atoms with E-state index in [2.05, 4.69) is 0 Å². The lowest BCUT2D eigenvalue weighted by Crippen LogP contribution is -2.56. The minimum Gasteiger partial charge on any atom is -0.298 e. The molecule has 1 aliphatic heterocycles. The van der Waals surface area contributed by atoms with Gasteiger partial charge in [0.15, 0.2) is 5.78 Å². The molecular weight excluding hydrogens is 286 g/mol. The second-order valence-corrected chi connectivity index (χ2v) is 8.02. The van der Waals surface area contributed by atoms with Crippen molar-refractivity contribution in [1.29, 1.82) is 0 Å². The zero-order chi connectivity index (χ0) is 15.1. The number of benzene rings is 1. The lowest BCUT2D eigenvalue weighted by molar-refractivity contribution is -0.126. The Labute approximate surface area is 126 Å². The first-order chi connectivity index (χ1) is 9.97. The van der Waals surface area contributed by atoms with Gasteiger partial charge in [-0.25, -0.2) is 8.42 Å². The molecule has 0 bridgehead atoms. The summed E-state index contributed by atoms with van der Waals surface area (Å²) in [5.41, 5.74) is 0.265. The van der Waals surface area contributed by atoms with Gasteiger partial charge in [0.1, 0.15) is 0 Å². The first-order valence-corrected chi connectivity index (χ1v) is 9.04. The van der Waals surface area contributed by atoms with E-state index < -0.39 is 15.6 Å². The summed E-state index contributed by atoms with van der Waals surface area (Å²) in [6.07, 6.45) is 4.44. The molecule has 0 radical (unpaired) electrons. The van der Waals surface area contributed by atoms with Gasteiger partial charge >= 0.3 is 0 Å². The van der Waals surface area contributed by atoms with Gasteiger partial charge in [0.05, 0.1) is 10.4 Å². The lowest BCUT2D eigenvalue weighted by Gasteiger charge is -2.42. The Morgan fingerprint density at radius 3 is 2.33 bits per heavy atom. The van der Waals surface area contributed by atoms with E-state index in [1.165, 1.54) is 4.31 Å². The van der Waals surface area contributed by atoms with Crippen LogP contribution in [0.15, 0.2) is 29.2 Å². The van der Waals surface area contributed by atoms with Gasteiger partial charge in [0.2, 0.25) is 10.0 Å². The van der Waals surface area contributed by atoms with Crippen molar-refractivity contribution in [3.05, 3.63) is 29.8 Å². The highest BCUT2D eigenvalue weighted by molar-refractivity contribution is 7.89. The van der Waals surface area contributed by atoms with Crippen LogP contribution in [-0.2, 0) is 14.8 Å². The molecule has 1 heterocycles. The van der Waals surface area contributed by atoms with E-state index in [1.54, 1.807) is 24.3 Å². The summed E-state index contributed by atoms with van der Waals surface area (Å²) in [6.45, 7) is 2.39. The van der Waals surface area contributed by atoms with Crippen LogP contribution in [0.1, 0.15) is 44.1 Å². The maximum absolute atomic E-state index is 13.0. The molecule has 1 saturated heterocycles. The molecule has 2 aliphatic rings. The first-order valence-electron chi connectivity index (χ1n) is 7.60. The van der Waals surface area contributed by atoms with Crippen molar-refractivity contribution in [3.63, 3.8) is 0 Å². The number of aryl methyl sites for hydroxylation is 1. The van der Waals surface area contributed by atoms with E-state index >= 15 is 0 Å². The Bertz CT molecular complexity index is 651. The second-order valence-electron chi connectivity index (χ2n) is 6.16. The van der Waals surface area contributed by atoms with Crippen molar-refractivity contribution >= 4 is 15.8 Å². The Kier molecular flexibility index (Phi) is 3.66. The third-order valence-corrected chi connectivity index (χ3v) is 6.78. The predicted molar refractivity (Wildman–Crippen MR) is 80.5 cm³/mol. The number of carbonyl (C=O) groups is 1. The van der Waals surface area contributed by atoms with Crippen LogP contribution in [0, 0.1) is 6.92 Å². The van der Waals surface area contributed by atoms with Gasteiger partial charge in [-0.1, -0.05) is 17.7 Å². The standard InChI is InChI=1S/C16H21NO3S/c1-13-6-8-14(9-7-13)21(19,20)17-12-3-2-10-16(17)11-4-5-15(16)18/h6-9H,2-5,10-12H2,1H3/t16-/m1/s1. The van der Waals surface area contributed by atoms with Crippen LogP contribution in [0.25, 0.3) is 0 Å². The van der Waals surface area contributed by atoms with Gasteiger partial charge in [-0.3, -0.25) is 4.79 Å². The number of rotatable bonds is 2. The highest BCUT2D eigenvalue weighted by atomic mass is 32.2. The van der Waals surface area contributed by atoms with Crippen molar-refractivity contribution in [1.82, 2.24) is 4.31 Å². The van der Waals surface area contributed by atoms with E-state index in [-0.39, 0.29) is 5.78 Å². The van der Waals surface area contributed by atoms with E-state index in [1.807, 2.05) is 6.92 Å². The van der Waals surface area contributed by atoms with Crippen LogP contribution in [-0.4, -0.2) is 30.6 Å². The molecule has 21 heavy (non-hydrogen) atoms. The van der Waals surface area contributed by atoms with Crippen molar-refractivity contribution < 1.29 is 13.2 Å². The van der Waals surface area contributed by atoms with E-state index in [9.17, 15) is 13.2 Å². The molecule has 1 atom stereocenters. The Hall–Kier alpha value is -1.20. The van der Waals surface area contributed by atoms with Crippen LogP contribution in [0.2, 0.25) is 0 Å². The Balaban J connectivity index is 2.03. The number of hydrogen-bond acceptors (Lipinski definition) is 3. The summed E-state index contributed by atoms with van der Waals surface area (Å²) in [5, 5.41) is 0. The smallest absolute Gasteiger partial charge is 0.243 e. The minimum absolute atomic E-state index is 0.109. The number of sulfonamides is 1. The SMILES string of the molecule is Cc1ccc(S(=O)(=O)N2CCCC[C@]23CCCC3=O)cc1. The molecule has 114 valence electrons. The molecule has 1 aliphatic carbocycles. The second kappa shape index (κ2) is 5.21. The highest BCUT2D eigenvalue weighted by Crippen LogP contribution is 2.42. The van der Waals surface area contributed by atoms with Gasteiger partial charge in [-0.2, -0.15) is 4.31 Å². The third-order valence-electron chi connectivity index (χ3n) is 4.80. The van der Waals surface area contributed by atoms with Crippen LogP contribution in [0.5, 0.6) is 0 Å². The van der Waals surface area contributed by atoms with Crippen LogP contribution < -0.4 is 0 Å². The monoisotopic (exact) mass is 307 g/mol. The fraction of sp³-hybridized carbons (Fsp3) is 0.562.